The Kier molecular flexibility index (Phi) is 8.89. The summed E-state index contributed by atoms with van der Waals surface area (Å²) in [6.07, 6.45) is -4.58. The molecule has 4 unspecified atom stereocenters. The molecule has 3 fully saturated rings. The predicted molar refractivity (Wildman–Crippen MR) is 154 cm³/mol. The van der Waals surface area contributed by atoms with Crippen LogP contribution in [-0.2, 0) is 33.0 Å². The number of carbonyl (C=O) groups excluding carboxylic acids is 1. The number of ether oxygens (including phenoxy) is 3. The summed E-state index contributed by atoms with van der Waals surface area (Å²) in [5, 5.41) is 0. The maximum atomic E-state index is 13.9. The van der Waals surface area contributed by atoms with Crippen molar-refractivity contribution in [3.05, 3.63) is 64.2 Å². The number of nitrogens with zero attached hydrogens (tertiary/aromatic N) is 1. The molecule has 6 rings (SSSR count). The Hall–Kier alpha value is -2.79. The number of halogens is 6. The molecule has 0 spiro atoms. The Morgan fingerprint density at radius 3 is 2.42 bits per heavy atom. The van der Waals surface area contributed by atoms with Gasteiger partial charge in [-0.25, -0.2) is 0 Å². The Balaban J connectivity index is 1.15. The van der Waals surface area contributed by atoms with Crippen LogP contribution in [0.4, 0.5) is 26.3 Å². The van der Waals surface area contributed by atoms with Crippen LogP contribution in [0.5, 0.6) is 5.75 Å². The van der Waals surface area contributed by atoms with Crippen molar-refractivity contribution in [2.45, 2.75) is 75.9 Å². The first-order valence-electron chi connectivity index (χ1n) is 15.8. The van der Waals surface area contributed by atoms with E-state index in [2.05, 4.69) is 18.2 Å². The second kappa shape index (κ2) is 12.4. The summed E-state index contributed by atoms with van der Waals surface area (Å²) < 4.78 is 99.5. The van der Waals surface area contributed by atoms with Gasteiger partial charge < -0.3 is 14.2 Å². The highest BCUT2D eigenvalue weighted by Gasteiger charge is 2.48. The quantitative estimate of drug-likeness (QED) is 0.218. The Labute approximate surface area is 259 Å². The zero-order valence-corrected chi connectivity index (χ0v) is 25.4. The van der Waals surface area contributed by atoms with Gasteiger partial charge in [-0.2, -0.15) is 26.3 Å². The third-order valence-electron chi connectivity index (χ3n) is 10.4. The van der Waals surface area contributed by atoms with Crippen LogP contribution in [0.1, 0.15) is 78.8 Å². The molecule has 0 radical (unpaired) electrons. The summed E-state index contributed by atoms with van der Waals surface area (Å²) >= 11 is 0. The largest absolute Gasteiger partial charge is 0.490 e. The molecule has 11 heteroatoms. The molecular weight excluding hydrogens is 600 g/mol. The standard InChI is InChI=1S/C34H39F6NO4/c1-19(26-14-25(33(35,36)37)9-10-28(26)34(38,39)40)41-15-23-17-44-18-24(16-41)32(23)29-11-8-20-6-7-22(13-30(20)45-29)27-12-21(27)4-3-5-31(42)43-2/h6-7,9-10,13-14,19,21,23-24,27,29,32H,3-5,8,11-12,15-18H2,1-2H3/t19-,21?,23-,24+,27?,29?,32?/m1/s1. The number of esters is 1. The highest BCUT2D eigenvalue weighted by molar-refractivity contribution is 5.69. The number of carbonyl (C=O) groups is 1. The molecule has 4 aliphatic rings. The van der Waals surface area contributed by atoms with Crippen LogP contribution in [0.2, 0.25) is 0 Å². The van der Waals surface area contributed by atoms with E-state index in [1.165, 1.54) is 12.7 Å². The summed E-state index contributed by atoms with van der Waals surface area (Å²) in [7, 11) is 1.40. The maximum absolute atomic E-state index is 13.9. The molecule has 0 N–H and O–H groups in total. The molecule has 5 nitrogen and oxygen atoms in total. The second-order valence-corrected chi connectivity index (χ2v) is 13.2. The van der Waals surface area contributed by atoms with E-state index in [1.54, 1.807) is 6.92 Å². The lowest BCUT2D eigenvalue weighted by molar-refractivity contribution is -0.143. The number of methoxy groups -OCH3 is 1. The first-order chi connectivity index (χ1) is 21.3. The van der Waals surface area contributed by atoms with Crippen molar-refractivity contribution in [1.82, 2.24) is 4.90 Å². The highest BCUT2D eigenvalue weighted by Crippen LogP contribution is 2.52. The summed E-state index contributed by atoms with van der Waals surface area (Å²) in [6.45, 7) is 3.26. The third kappa shape index (κ3) is 6.84. The van der Waals surface area contributed by atoms with Crippen molar-refractivity contribution in [3.8, 4) is 5.75 Å². The van der Waals surface area contributed by atoms with Gasteiger partial charge in [0, 0.05) is 43.3 Å². The predicted octanol–water partition coefficient (Wildman–Crippen LogP) is 7.82. The van der Waals surface area contributed by atoms with E-state index in [1.807, 2.05) is 4.90 Å². The average molecular weight is 640 g/mol. The Bertz CT molecular complexity index is 1380. The minimum absolute atomic E-state index is 0.0163. The molecule has 45 heavy (non-hydrogen) atoms. The fourth-order valence-corrected chi connectivity index (χ4v) is 7.96. The van der Waals surface area contributed by atoms with Gasteiger partial charge in [0.05, 0.1) is 31.5 Å². The van der Waals surface area contributed by atoms with Crippen LogP contribution in [0.3, 0.4) is 0 Å². The van der Waals surface area contributed by atoms with Gasteiger partial charge in [0.2, 0.25) is 0 Å². The van der Waals surface area contributed by atoms with Gasteiger partial charge in [0.1, 0.15) is 11.9 Å². The van der Waals surface area contributed by atoms with Crippen LogP contribution in [-0.4, -0.2) is 50.4 Å². The van der Waals surface area contributed by atoms with Gasteiger partial charge >= 0.3 is 18.3 Å². The molecule has 3 heterocycles. The summed E-state index contributed by atoms with van der Waals surface area (Å²) in [5.74, 6) is 1.80. The first-order valence-corrected chi connectivity index (χ1v) is 15.8. The molecule has 7 atom stereocenters. The number of hydrogen-bond acceptors (Lipinski definition) is 5. The van der Waals surface area contributed by atoms with E-state index in [0.717, 1.165) is 43.4 Å². The lowest BCUT2D eigenvalue weighted by Gasteiger charge is -2.51. The monoisotopic (exact) mass is 639 g/mol. The van der Waals surface area contributed by atoms with Crippen LogP contribution in [0.25, 0.3) is 0 Å². The number of rotatable bonds is 8. The first kappa shape index (κ1) is 32.2. The summed E-state index contributed by atoms with van der Waals surface area (Å²) in [6, 6.07) is 7.34. The minimum atomic E-state index is -4.77. The van der Waals surface area contributed by atoms with E-state index in [-0.39, 0.29) is 35.4 Å². The number of aryl methyl sites for hydroxylation is 1. The van der Waals surface area contributed by atoms with Gasteiger partial charge in [-0.15, -0.1) is 0 Å². The van der Waals surface area contributed by atoms with Gasteiger partial charge in [-0.1, -0.05) is 12.1 Å². The van der Waals surface area contributed by atoms with Crippen molar-refractivity contribution in [3.63, 3.8) is 0 Å². The van der Waals surface area contributed by atoms with Gasteiger partial charge in [0.15, 0.2) is 0 Å². The molecular formula is C34H39F6NO4. The number of alkyl halides is 6. The highest BCUT2D eigenvalue weighted by atomic mass is 19.4. The fraction of sp³-hybridized carbons (Fsp3) is 0.618. The number of benzene rings is 2. The van der Waals surface area contributed by atoms with E-state index < -0.39 is 29.5 Å². The van der Waals surface area contributed by atoms with Crippen LogP contribution in [0, 0.1) is 23.7 Å². The van der Waals surface area contributed by atoms with Gasteiger partial charge in [-0.3, -0.25) is 9.69 Å². The molecule has 2 aromatic carbocycles. The molecule has 3 aliphatic heterocycles. The smallest absolute Gasteiger partial charge is 0.416 e. The molecule has 246 valence electrons. The van der Waals surface area contributed by atoms with Crippen molar-refractivity contribution in [2.75, 3.05) is 33.4 Å². The third-order valence-corrected chi connectivity index (χ3v) is 10.4. The van der Waals surface area contributed by atoms with Crippen molar-refractivity contribution in [2.24, 2.45) is 23.7 Å². The molecule has 1 saturated carbocycles. The SMILES string of the molecule is COC(=O)CCCC1CC1c1ccc2c(c1)OC(C1[C@@H]3COC[C@H]1CN([C@H](C)c1cc(C(F)(F)F)ccc1C(F)(F)F)C3)CC2. The average Bonchev–Trinajstić information content (AvgIpc) is 3.77. The normalized spacial score (nSPS) is 29.0. The molecule has 1 aliphatic carbocycles. The van der Waals surface area contributed by atoms with Crippen molar-refractivity contribution >= 4 is 5.97 Å². The van der Waals surface area contributed by atoms with Gasteiger partial charge in [0.25, 0.3) is 0 Å². The fourth-order valence-electron chi connectivity index (χ4n) is 7.96. The number of likely N-dealkylation sites (tertiary alicyclic amines) is 1. The molecule has 0 aromatic heterocycles. The zero-order chi connectivity index (χ0) is 32.1. The minimum Gasteiger partial charge on any atom is -0.490 e. The van der Waals surface area contributed by atoms with Crippen LogP contribution >= 0.6 is 0 Å². The Morgan fingerprint density at radius 1 is 1.02 bits per heavy atom. The molecule has 2 saturated heterocycles. The number of fused-ring (bicyclic) bond motifs is 3. The number of hydrogen-bond donors (Lipinski definition) is 0. The van der Waals surface area contributed by atoms with Crippen LogP contribution in [0.15, 0.2) is 36.4 Å². The number of piperidine rings is 1. The van der Waals surface area contributed by atoms with Gasteiger partial charge in [-0.05, 0) is 91.8 Å². The van der Waals surface area contributed by atoms with Crippen molar-refractivity contribution < 1.29 is 45.3 Å². The summed E-state index contributed by atoms with van der Waals surface area (Å²) in [5.41, 5.74) is -0.0614. The van der Waals surface area contributed by atoms with E-state index >= 15 is 0 Å². The lowest BCUT2D eigenvalue weighted by atomic mass is 9.71. The summed E-state index contributed by atoms with van der Waals surface area (Å²) in [4.78, 5) is 13.3. The molecule has 2 aromatic rings. The van der Waals surface area contributed by atoms with E-state index in [9.17, 15) is 31.1 Å². The molecule has 0 amide bonds. The van der Waals surface area contributed by atoms with E-state index in [4.69, 9.17) is 14.2 Å². The van der Waals surface area contributed by atoms with E-state index in [0.29, 0.717) is 62.8 Å². The molecule has 2 bridgehead atoms. The topological polar surface area (TPSA) is 48.0 Å². The van der Waals surface area contributed by atoms with Crippen molar-refractivity contribution in [1.29, 1.82) is 0 Å². The Morgan fingerprint density at radius 2 is 1.76 bits per heavy atom. The zero-order valence-electron chi connectivity index (χ0n) is 25.4. The second-order valence-electron chi connectivity index (χ2n) is 13.2. The van der Waals surface area contributed by atoms with Crippen LogP contribution < -0.4 is 4.74 Å². The lowest BCUT2D eigenvalue weighted by Crippen LogP contribution is -2.57. The maximum Gasteiger partial charge on any atom is 0.416 e.